The molecule has 2 aliphatic rings. The number of aliphatic hydroxyl groups excluding tert-OH is 2. The number of rotatable bonds is 1. The molecule has 10 nitrogen and oxygen atoms in total. The average molecular weight is 528 g/mol. The highest BCUT2D eigenvalue weighted by Gasteiger charge is 2.33. The second-order valence-electron chi connectivity index (χ2n) is 10.0. The predicted octanol–water partition coefficient (Wildman–Crippen LogP) is 2.45. The first kappa shape index (κ1) is 29.1. The van der Waals surface area contributed by atoms with E-state index in [2.05, 4.69) is 10.3 Å². The molecule has 38 heavy (non-hydrogen) atoms. The molecular formula is C28H37N3O7. The third-order valence-electron chi connectivity index (χ3n) is 6.33. The van der Waals surface area contributed by atoms with Gasteiger partial charge in [-0.25, -0.2) is 9.78 Å². The van der Waals surface area contributed by atoms with Gasteiger partial charge in [-0.1, -0.05) is 56.7 Å². The number of ether oxygens (including phenoxy) is 1. The van der Waals surface area contributed by atoms with E-state index in [0.29, 0.717) is 13.0 Å². The maximum atomic E-state index is 13.1. The highest BCUT2D eigenvalue weighted by molar-refractivity contribution is 6.00. The topological polar surface area (TPSA) is 142 Å². The number of amides is 2. The summed E-state index contributed by atoms with van der Waals surface area (Å²) in [6.45, 7) is 8.08. The minimum atomic E-state index is -0.959. The number of carbonyl (C=O) groups is 3. The number of oxazole rings is 1. The molecule has 2 bridgehead atoms. The molecule has 0 fully saturated rings. The van der Waals surface area contributed by atoms with Crippen LogP contribution < -0.4 is 5.32 Å². The van der Waals surface area contributed by atoms with E-state index < -0.39 is 30.2 Å². The minimum absolute atomic E-state index is 0.00476. The maximum absolute atomic E-state index is 13.1. The Kier molecular flexibility index (Phi) is 10.2. The van der Waals surface area contributed by atoms with Crippen LogP contribution >= 0.6 is 0 Å². The van der Waals surface area contributed by atoms with Crippen LogP contribution in [0.5, 0.6) is 0 Å². The predicted molar refractivity (Wildman–Crippen MR) is 140 cm³/mol. The number of carbonyl (C=O) groups excluding carboxylic acids is 3. The molecule has 0 radical (unpaired) electrons. The Morgan fingerprint density at radius 1 is 1.18 bits per heavy atom. The summed E-state index contributed by atoms with van der Waals surface area (Å²) in [6.07, 6.45) is 9.22. The largest absolute Gasteiger partial charge is 0.457 e. The molecule has 0 aromatic carbocycles. The van der Waals surface area contributed by atoms with Crippen LogP contribution in [-0.4, -0.2) is 69.3 Å². The Labute approximate surface area is 222 Å². The van der Waals surface area contributed by atoms with Crippen LogP contribution in [0.25, 0.3) is 0 Å². The van der Waals surface area contributed by atoms with Crippen molar-refractivity contribution in [3.8, 4) is 0 Å². The summed E-state index contributed by atoms with van der Waals surface area (Å²) < 4.78 is 11.2. The first-order valence-corrected chi connectivity index (χ1v) is 12.9. The Morgan fingerprint density at radius 2 is 1.95 bits per heavy atom. The number of fused-ring (bicyclic) bond motifs is 3. The van der Waals surface area contributed by atoms with Gasteiger partial charge >= 0.3 is 5.97 Å². The third-order valence-corrected chi connectivity index (χ3v) is 6.33. The van der Waals surface area contributed by atoms with Gasteiger partial charge in [0, 0.05) is 25.4 Å². The number of aromatic nitrogens is 1. The van der Waals surface area contributed by atoms with Crippen LogP contribution in [0.15, 0.2) is 58.4 Å². The van der Waals surface area contributed by atoms with Crippen molar-refractivity contribution >= 4 is 17.8 Å². The fourth-order valence-corrected chi connectivity index (χ4v) is 4.44. The van der Waals surface area contributed by atoms with Crippen molar-refractivity contribution < 1.29 is 33.8 Å². The van der Waals surface area contributed by atoms with E-state index in [1.54, 1.807) is 37.3 Å². The van der Waals surface area contributed by atoms with Crippen molar-refractivity contribution in [2.75, 3.05) is 13.1 Å². The molecule has 206 valence electrons. The summed E-state index contributed by atoms with van der Waals surface area (Å²) in [6, 6.07) is 0. The quantitative estimate of drug-likeness (QED) is 0.473. The molecule has 0 spiro atoms. The van der Waals surface area contributed by atoms with Gasteiger partial charge in [0.2, 0.25) is 5.91 Å². The minimum Gasteiger partial charge on any atom is -0.457 e. The third kappa shape index (κ3) is 8.00. The molecule has 1 aromatic rings. The molecule has 3 N–H and O–H groups in total. The van der Waals surface area contributed by atoms with Gasteiger partial charge in [-0.3, -0.25) is 9.59 Å². The number of nitrogens with zero attached hydrogens (tertiary/aromatic N) is 2. The second-order valence-corrected chi connectivity index (χ2v) is 10.0. The second kappa shape index (κ2) is 13.3. The molecule has 4 atom stereocenters. The monoisotopic (exact) mass is 527 g/mol. The van der Waals surface area contributed by atoms with E-state index in [9.17, 15) is 24.6 Å². The van der Waals surface area contributed by atoms with Crippen molar-refractivity contribution in [2.24, 2.45) is 11.8 Å². The highest BCUT2D eigenvalue weighted by atomic mass is 16.5. The van der Waals surface area contributed by atoms with Gasteiger partial charge in [0.25, 0.3) is 5.91 Å². The molecule has 10 heteroatoms. The Morgan fingerprint density at radius 3 is 2.68 bits per heavy atom. The van der Waals surface area contributed by atoms with E-state index in [0.717, 1.165) is 5.57 Å². The lowest BCUT2D eigenvalue weighted by atomic mass is 9.94. The van der Waals surface area contributed by atoms with Crippen LogP contribution in [0.4, 0.5) is 0 Å². The molecular weight excluding hydrogens is 490 g/mol. The molecule has 0 unspecified atom stereocenters. The van der Waals surface area contributed by atoms with E-state index in [4.69, 9.17) is 9.15 Å². The summed E-state index contributed by atoms with van der Waals surface area (Å²) >= 11 is 0. The highest BCUT2D eigenvalue weighted by Crippen LogP contribution is 2.24. The zero-order valence-electron chi connectivity index (χ0n) is 22.3. The zero-order valence-corrected chi connectivity index (χ0v) is 22.3. The molecule has 0 saturated heterocycles. The lowest BCUT2D eigenvalue weighted by Crippen LogP contribution is -2.36. The first-order chi connectivity index (χ1) is 18.0. The van der Waals surface area contributed by atoms with E-state index in [1.807, 2.05) is 20.8 Å². The lowest BCUT2D eigenvalue weighted by molar-refractivity contribution is -0.149. The molecule has 2 amide bonds. The maximum Gasteiger partial charge on any atom is 0.355 e. The summed E-state index contributed by atoms with van der Waals surface area (Å²) in [5, 5.41) is 23.5. The molecule has 1 aromatic heterocycles. The van der Waals surface area contributed by atoms with Crippen LogP contribution in [0, 0.1) is 11.8 Å². The SMILES string of the molecule is CC1=C\[C@@H](O)C[C@@H](O)Cc2nc(co2)C(=O)N2CCC=C2C(=O)O[C@H](C(C)C)[C@H](C)/C=C/C(=O)NC\C=C\1. The fourth-order valence-electron chi connectivity index (χ4n) is 4.44. The standard InChI is InChI=1S/C28H37N3O7/c1-17(2)26-19(4)9-10-24(34)29-11-5-7-18(3)13-20(32)14-21(33)15-25-30-22(16-37-25)27(35)31-12-6-8-23(31)28(36)38-26/h5,7-10,13,16-17,19-21,26,32-33H,6,11-12,14-15H2,1-4H3,(H,29,34)/b7-5+,10-9+,18-13+/t19-,20-,21-,26-/m1/s1. The number of aliphatic hydroxyl groups is 2. The molecule has 3 rings (SSSR count). The summed E-state index contributed by atoms with van der Waals surface area (Å²) in [7, 11) is 0. The van der Waals surface area contributed by atoms with Crippen LogP contribution in [0.2, 0.25) is 0 Å². The number of hydrogen-bond acceptors (Lipinski definition) is 8. The van der Waals surface area contributed by atoms with Crippen LogP contribution in [0.1, 0.15) is 56.9 Å². The summed E-state index contributed by atoms with van der Waals surface area (Å²) in [5.41, 5.74) is 0.909. The smallest absolute Gasteiger partial charge is 0.355 e. The zero-order chi connectivity index (χ0) is 27.8. The molecule has 3 heterocycles. The van der Waals surface area contributed by atoms with Gasteiger partial charge in [-0.05, 0) is 25.3 Å². The fraction of sp³-hybridized carbons (Fsp3) is 0.500. The van der Waals surface area contributed by atoms with Gasteiger partial charge in [0.1, 0.15) is 18.1 Å². The van der Waals surface area contributed by atoms with Gasteiger partial charge in [-0.15, -0.1) is 0 Å². The number of hydrogen-bond donors (Lipinski definition) is 3. The first-order valence-electron chi connectivity index (χ1n) is 12.9. The molecule has 0 saturated carbocycles. The van der Waals surface area contributed by atoms with E-state index >= 15 is 0 Å². The summed E-state index contributed by atoms with van der Waals surface area (Å²) in [5.74, 6) is -1.58. The molecule has 0 aliphatic carbocycles. The number of allylic oxidation sites excluding steroid dienone is 2. The van der Waals surface area contributed by atoms with Crippen LogP contribution in [-0.2, 0) is 20.7 Å². The average Bonchev–Trinajstić information content (AvgIpc) is 3.52. The van der Waals surface area contributed by atoms with Gasteiger partial charge in [0.15, 0.2) is 11.6 Å². The van der Waals surface area contributed by atoms with Crippen molar-refractivity contribution in [1.82, 2.24) is 15.2 Å². The molecule has 2 aliphatic heterocycles. The van der Waals surface area contributed by atoms with E-state index in [1.165, 1.54) is 17.2 Å². The van der Waals surface area contributed by atoms with Gasteiger partial charge < -0.3 is 29.6 Å². The van der Waals surface area contributed by atoms with Crippen molar-refractivity contribution in [3.63, 3.8) is 0 Å². The van der Waals surface area contributed by atoms with E-state index in [-0.39, 0.29) is 54.4 Å². The normalized spacial score (nSPS) is 29.6. The number of esters is 1. The summed E-state index contributed by atoms with van der Waals surface area (Å²) in [4.78, 5) is 44.0. The van der Waals surface area contributed by atoms with Crippen molar-refractivity contribution in [1.29, 1.82) is 0 Å². The van der Waals surface area contributed by atoms with Crippen molar-refractivity contribution in [2.45, 2.75) is 65.3 Å². The Bertz CT molecular complexity index is 1130. The Balaban J connectivity index is 1.86. The lowest BCUT2D eigenvalue weighted by Gasteiger charge is -2.27. The van der Waals surface area contributed by atoms with Crippen molar-refractivity contribution in [3.05, 3.63) is 65.6 Å². The number of nitrogens with one attached hydrogen (secondary N) is 1. The van der Waals surface area contributed by atoms with Gasteiger partial charge in [0.05, 0.1) is 18.6 Å². The van der Waals surface area contributed by atoms with Crippen LogP contribution in [0.3, 0.4) is 0 Å². The Hall–Kier alpha value is -3.50. The van der Waals surface area contributed by atoms with Gasteiger partial charge in [-0.2, -0.15) is 0 Å². The number of cyclic esters (lactones) is 1.